The van der Waals surface area contributed by atoms with Crippen molar-refractivity contribution < 1.29 is 4.79 Å². The van der Waals surface area contributed by atoms with Crippen molar-refractivity contribution in [2.75, 3.05) is 18.0 Å². The summed E-state index contributed by atoms with van der Waals surface area (Å²) in [6, 6.07) is 18.2. The van der Waals surface area contributed by atoms with Gasteiger partial charge in [0, 0.05) is 44.7 Å². The zero-order valence-corrected chi connectivity index (χ0v) is 19.8. The van der Waals surface area contributed by atoms with Crippen molar-refractivity contribution in [1.29, 1.82) is 0 Å². The van der Waals surface area contributed by atoms with Gasteiger partial charge in [-0.05, 0) is 37.1 Å². The Morgan fingerprint density at radius 1 is 1.09 bits per heavy atom. The van der Waals surface area contributed by atoms with Gasteiger partial charge in [-0.15, -0.1) is 0 Å². The third kappa shape index (κ3) is 5.06. The van der Waals surface area contributed by atoms with Crippen molar-refractivity contribution in [3.05, 3.63) is 93.2 Å². The Bertz CT molecular complexity index is 1190. The number of rotatable bonds is 7. The lowest BCUT2D eigenvalue weighted by molar-refractivity contribution is -0.119. The van der Waals surface area contributed by atoms with E-state index in [1.165, 1.54) is 5.56 Å². The molecule has 4 rings (SSSR count). The van der Waals surface area contributed by atoms with Crippen molar-refractivity contribution in [2.45, 2.75) is 53.2 Å². The van der Waals surface area contributed by atoms with Crippen LogP contribution in [0.25, 0.3) is 0 Å². The molecule has 0 unspecified atom stereocenters. The quantitative estimate of drug-likeness (QED) is 0.557. The molecular formula is C27H32N4O2. The monoisotopic (exact) mass is 444 g/mol. The maximum Gasteiger partial charge on any atom is 0.258 e. The van der Waals surface area contributed by atoms with Crippen LogP contribution in [0.4, 0.5) is 5.69 Å². The molecule has 1 aromatic heterocycles. The zero-order valence-electron chi connectivity index (χ0n) is 19.8. The second-order valence-electron chi connectivity index (χ2n) is 8.62. The Morgan fingerprint density at radius 2 is 1.88 bits per heavy atom. The van der Waals surface area contributed by atoms with Gasteiger partial charge in [0.25, 0.3) is 5.56 Å². The number of fused-ring (bicyclic) bond motifs is 1. The number of hydrogen-bond acceptors (Lipinski definition) is 4. The molecule has 0 atom stereocenters. The van der Waals surface area contributed by atoms with Gasteiger partial charge in [0.15, 0.2) is 0 Å². The fraction of sp³-hybridized carbons (Fsp3) is 0.370. The molecular weight excluding hydrogens is 412 g/mol. The number of aryl methyl sites for hydroxylation is 2. The highest BCUT2D eigenvalue weighted by molar-refractivity contribution is 5.93. The molecule has 0 saturated heterocycles. The van der Waals surface area contributed by atoms with Crippen LogP contribution in [0.5, 0.6) is 0 Å². The van der Waals surface area contributed by atoms with Crippen LogP contribution in [0.3, 0.4) is 0 Å². The largest absolute Gasteiger partial charge is 0.311 e. The smallest absolute Gasteiger partial charge is 0.258 e. The topological polar surface area (TPSA) is 58.4 Å². The van der Waals surface area contributed by atoms with Crippen molar-refractivity contribution >= 4 is 11.6 Å². The van der Waals surface area contributed by atoms with E-state index < -0.39 is 0 Å². The molecule has 6 nitrogen and oxygen atoms in total. The molecule has 3 aromatic rings. The zero-order chi connectivity index (χ0) is 23.4. The molecule has 0 fully saturated rings. The number of hydrogen-bond donors (Lipinski definition) is 0. The fourth-order valence-electron chi connectivity index (χ4n) is 4.55. The Morgan fingerprint density at radius 3 is 2.58 bits per heavy atom. The first-order valence-electron chi connectivity index (χ1n) is 11.7. The number of likely N-dealkylation sites (N-methyl/N-ethyl adjacent to an activating group) is 1. The minimum absolute atomic E-state index is 0.00273. The summed E-state index contributed by atoms with van der Waals surface area (Å²) < 4.78 is 1.59. The van der Waals surface area contributed by atoms with E-state index in [4.69, 9.17) is 4.98 Å². The van der Waals surface area contributed by atoms with Gasteiger partial charge >= 0.3 is 0 Å². The van der Waals surface area contributed by atoms with Gasteiger partial charge in [0.05, 0.1) is 11.3 Å². The highest BCUT2D eigenvalue weighted by atomic mass is 16.2. The van der Waals surface area contributed by atoms with Crippen LogP contribution in [0, 0.1) is 6.92 Å². The first-order chi connectivity index (χ1) is 16.0. The molecule has 2 aromatic carbocycles. The normalized spacial score (nSPS) is 13.5. The molecule has 0 radical (unpaired) electrons. The maximum atomic E-state index is 13.6. The molecule has 172 valence electrons. The van der Waals surface area contributed by atoms with Crippen molar-refractivity contribution in [1.82, 2.24) is 14.5 Å². The standard InChI is InChI=1S/C27H32N4O2/c1-4-25-28-24-14-15-29(17-21-11-7-6-8-12-21)18-23(24)27(33)31(25)19-26(32)30(5-2)22-13-9-10-20(3)16-22/h6-13,16H,4-5,14-15,17-19H2,1-3H3. The number of nitrogens with zero attached hydrogens (tertiary/aromatic N) is 4. The Kier molecular flexibility index (Phi) is 7.04. The summed E-state index contributed by atoms with van der Waals surface area (Å²) >= 11 is 0. The van der Waals surface area contributed by atoms with Gasteiger partial charge in [-0.2, -0.15) is 0 Å². The summed E-state index contributed by atoms with van der Waals surface area (Å²) in [4.78, 5) is 35.7. The van der Waals surface area contributed by atoms with Gasteiger partial charge in [-0.25, -0.2) is 4.98 Å². The van der Waals surface area contributed by atoms with Crippen LogP contribution in [-0.2, 0) is 37.3 Å². The van der Waals surface area contributed by atoms with Gasteiger partial charge in [0.2, 0.25) is 5.91 Å². The van der Waals surface area contributed by atoms with Crippen LogP contribution < -0.4 is 10.5 Å². The van der Waals surface area contributed by atoms with Crippen molar-refractivity contribution in [3.63, 3.8) is 0 Å². The summed E-state index contributed by atoms with van der Waals surface area (Å²) in [6.45, 7) is 8.72. The second kappa shape index (κ2) is 10.1. The van der Waals surface area contributed by atoms with Crippen LogP contribution in [0.1, 0.15) is 42.1 Å². The summed E-state index contributed by atoms with van der Waals surface area (Å²) in [5, 5.41) is 0. The number of amides is 1. The van der Waals surface area contributed by atoms with Gasteiger partial charge in [-0.1, -0.05) is 49.4 Å². The number of aromatic nitrogens is 2. The summed E-state index contributed by atoms with van der Waals surface area (Å²) in [6.07, 6.45) is 1.36. The first-order valence-corrected chi connectivity index (χ1v) is 11.7. The second-order valence-corrected chi connectivity index (χ2v) is 8.62. The molecule has 1 amide bonds. The molecule has 1 aliphatic rings. The summed E-state index contributed by atoms with van der Waals surface area (Å²) in [5.41, 5.74) is 4.71. The van der Waals surface area contributed by atoms with E-state index in [-0.39, 0.29) is 18.0 Å². The number of carbonyl (C=O) groups is 1. The molecule has 33 heavy (non-hydrogen) atoms. The summed E-state index contributed by atoms with van der Waals surface area (Å²) in [7, 11) is 0. The SMILES string of the molecule is CCc1nc2c(c(=O)n1CC(=O)N(CC)c1cccc(C)c1)CN(Cc1ccccc1)CC2. The van der Waals surface area contributed by atoms with E-state index in [9.17, 15) is 9.59 Å². The van der Waals surface area contributed by atoms with Crippen LogP contribution >= 0.6 is 0 Å². The number of carbonyl (C=O) groups excluding carboxylic acids is 1. The third-order valence-electron chi connectivity index (χ3n) is 6.26. The molecule has 0 spiro atoms. The highest BCUT2D eigenvalue weighted by Gasteiger charge is 2.25. The number of anilines is 1. The Hall–Kier alpha value is -3.25. The minimum atomic E-state index is -0.0985. The lowest BCUT2D eigenvalue weighted by atomic mass is 10.1. The highest BCUT2D eigenvalue weighted by Crippen LogP contribution is 2.19. The van der Waals surface area contributed by atoms with E-state index in [1.807, 2.05) is 63.2 Å². The first kappa shape index (κ1) is 22.9. The third-order valence-corrected chi connectivity index (χ3v) is 6.26. The molecule has 0 N–H and O–H groups in total. The Balaban J connectivity index is 1.60. The molecule has 2 heterocycles. The average Bonchev–Trinajstić information content (AvgIpc) is 2.82. The minimum Gasteiger partial charge on any atom is -0.311 e. The molecule has 0 bridgehead atoms. The van der Waals surface area contributed by atoms with Crippen LogP contribution in [0.15, 0.2) is 59.4 Å². The molecule has 1 aliphatic heterocycles. The van der Waals surface area contributed by atoms with Crippen LogP contribution in [0.2, 0.25) is 0 Å². The van der Waals surface area contributed by atoms with E-state index in [1.54, 1.807) is 9.47 Å². The van der Waals surface area contributed by atoms with E-state index in [0.717, 1.165) is 42.0 Å². The number of benzene rings is 2. The van der Waals surface area contributed by atoms with Crippen molar-refractivity contribution in [2.24, 2.45) is 0 Å². The van der Waals surface area contributed by atoms with E-state index >= 15 is 0 Å². The molecule has 0 aliphatic carbocycles. The van der Waals surface area contributed by atoms with Gasteiger partial charge < -0.3 is 4.90 Å². The van der Waals surface area contributed by atoms with Crippen molar-refractivity contribution in [3.8, 4) is 0 Å². The lowest BCUT2D eigenvalue weighted by Gasteiger charge is -2.29. The molecule has 0 saturated carbocycles. The predicted molar refractivity (Wildman–Crippen MR) is 131 cm³/mol. The van der Waals surface area contributed by atoms with E-state index in [2.05, 4.69) is 17.0 Å². The molecule has 6 heteroatoms. The predicted octanol–water partition coefficient (Wildman–Crippen LogP) is 3.73. The van der Waals surface area contributed by atoms with E-state index in [0.29, 0.717) is 25.3 Å². The summed E-state index contributed by atoms with van der Waals surface area (Å²) in [5.74, 6) is 0.586. The van der Waals surface area contributed by atoms with Gasteiger partial charge in [0.1, 0.15) is 12.4 Å². The van der Waals surface area contributed by atoms with Gasteiger partial charge in [-0.3, -0.25) is 19.1 Å². The maximum absolute atomic E-state index is 13.6. The van der Waals surface area contributed by atoms with Crippen LogP contribution in [-0.4, -0.2) is 33.4 Å². The lowest BCUT2D eigenvalue weighted by Crippen LogP contribution is -2.42. The Labute approximate surface area is 195 Å². The fourth-order valence-corrected chi connectivity index (χ4v) is 4.55. The average molecular weight is 445 g/mol.